The maximum absolute atomic E-state index is 13.1. The largest absolute Gasteiger partial charge is 0.354 e. The molecule has 1 heterocycles. The van der Waals surface area contributed by atoms with Crippen LogP contribution in [0, 0.1) is 5.92 Å². The van der Waals surface area contributed by atoms with Crippen LogP contribution in [-0.2, 0) is 4.79 Å². The van der Waals surface area contributed by atoms with Crippen molar-refractivity contribution in [3.63, 3.8) is 0 Å². The van der Waals surface area contributed by atoms with Crippen LogP contribution < -0.4 is 10.6 Å². The Morgan fingerprint density at radius 2 is 1.88 bits per heavy atom. The Balaban J connectivity index is 1.75. The van der Waals surface area contributed by atoms with Crippen molar-refractivity contribution < 1.29 is 9.59 Å². The molecule has 2 fully saturated rings. The molecule has 5 nitrogen and oxygen atoms in total. The molecule has 2 N–H and O–H groups in total. The monoisotopic (exact) mass is 343 g/mol. The topological polar surface area (TPSA) is 61.4 Å². The summed E-state index contributed by atoms with van der Waals surface area (Å²) in [5.41, 5.74) is 0.682. The number of amides is 2. The highest BCUT2D eigenvalue weighted by Gasteiger charge is 2.47. The van der Waals surface area contributed by atoms with Crippen molar-refractivity contribution in [2.45, 2.75) is 50.6 Å². The number of likely N-dealkylation sites (tertiary alicyclic amines) is 1. The van der Waals surface area contributed by atoms with E-state index in [0.29, 0.717) is 18.0 Å². The average Bonchev–Trinajstić information content (AvgIpc) is 3.05. The molecular weight excluding hydrogens is 314 g/mol. The molecule has 1 aromatic rings. The molecule has 3 rings (SSSR count). The van der Waals surface area contributed by atoms with Crippen molar-refractivity contribution in [3.8, 4) is 0 Å². The zero-order chi connectivity index (χ0) is 17.6. The molecule has 0 spiro atoms. The normalized spacial score (nSPS) is 25.5. The van der Waals surface area contributed by atoms with Crippen LogP contribution in [0.4, 0.5) is 0 Å². The van der Waals surface area contributed by atoms with Gasteiger partial charge in [-0.3, -0.25) is 9.59 Å². The predicted octanol–water partition coefficient (Wildman–Crippen LogP) is 2.19. The van der Waals surface area contributed by atoms with Crippen LogP contribution in [0.25, 0.3) is 0 Å². The molecule has 2 aliphatic rings. The van der Waals surface area contributed by atoms with E-state index < -0.39 is 0 Å². The van der Waals surface area contributed by atoms with Crippen LogP contribution in [-0.4, -0.2) is 48.9 Å². The summed E-state index contributed by atoms with van der Waals surface area (Å²) in [6.07, 6.45) is 6.22. The van der Waals surface area contributed by atoms with Crippen molar-refractivity contribution in [1.82, 2.24) is 15.5 Å². The number of benzene rings is 1. The lowest BCUT2D eigenvalue weighted by atomic mass is 9.84. The molecule has 1 aliphatic carbocycles. The first-order valence-electron chi connectivity index (χ1n) is 9.52. The molecule has 3 atom stereocenters. The Kier molecular flexibility index (Phi) is 6.08. The molecule has 0 aromatic heterocycles. The van der Waals surface area contributed by atoms with Gasteiger partial charge in [0.15, 0.2) is 0 Å². The minimum absolute atomic E-state index is 0.00498. The van der Waals surface area contributed by atoms with Crippen molar-refractivity contribution in [3.05, 3.63) is 35.9 Å². The molecule has 2 amide bonds. The number of hydrogen-bond donors (Lipinski definition) is 2. The van der Waals surface area contributed by atoms with Crippen molar-refractivity contribution >= 4 is 11.8 Å². The fourth-order valence-electron chi connectivity index (χ4n) is 4.31. The summed E-state index contributed by atoms with van der Waals surface area (Å²) in [4.78, 5) is 27.8. The fourth-order valence-corrected chi connectivity index (χ4v) is 4.31. The molecule has 3 unspecified atom stereocenters. The smallest absolute Gasteiger partial charge is 0.254 e. The van der Waals surface area contributed by atoms with E-state index in [1.54, 1.807) is 0 Å². The van der Waals surface area contributed by atoms with Gasteiger partial charge in [-0.2, -0.15) is 0 Å². The summed E-state index contributed by atoms with van der Waals surface area (Å²) in [7, 11) is 1.91. The van der Waals surface area contributed by atoms with Gasteiger partial charge in [0.1, 0.15) is 6.04 Å². The molecule has 1 aliphatic heterocycles. The van der Waals surface area contributed by atoms with Crippen LogP contribution in [0.5, 0.6) is 0 Å². The molecular formula is C20H29N3O2. The molecule has 1 saturated heterocycles. The zero-order valence-corrected chi connectivity index (χ0v) is 15.0. The first-order chi connectivity index (χ1) is 12.2. The predicted molar refractivity (Wildman–Crippen MR) is 98.3 cm³/mol. The van der Waals surface area contributed by atoms with E-state index >= 15 is 0 Å². The highest BCUT2D eigenvalue weighted by molar-refractivity contribution is 5.98. The number of carbonyl (C=O) groups is 2. The van der Waals surface area contributed by atoms with Gasteiger partial charge in [-0.25, -0.2) is 0 Å². The SMILES string of the molecule is CNCCCNC(=O)C1CC2CCCCC2N1C(=O)c1ccccc1. The van der Waals surface area contributed by atoms with Gasteiger partial charge < -0.3 is 15.5 Å². The highest BCUT2D eigenvalue weighted by atomic mass is 16.2. The Morgan fingerprint density at radius 3 is 2.64 bits per heavy atom. The van der Waals surface area contributed by atoms with E-state index in [2.05, 4.69) is 10.6 Å². The summed E-state index contributed by atoms with van der Waals surface area (Å²) in [6.45, 7) is 1.53. The maximum atomic E-state index is 13.1. The molecule has 136 valence electrons. The lowest BCUT2D eigenvalue weighted by molar-refractivity contribution is -0.125. The van der Waals surface area contributed by atoms with Gasteiger partial charge in [0, 0.05) is 18.2 Å². The lowest BCUT2D eigenvalue weighted by Gasteiger charge is -2.33. The summed E-state index contributed by atoms with van der Waals surface area (Å²) in [5, 5.41) is 6.12. The molecule has 1 saturated carbocycles. The van der Waals surface area contributed by atoms with E-state index in [0.717, 1.165) is 38.6 Å². The Hall–Kier alpha value is -1.88. The van der Waals surface area contributed by atoms with Crippen LogP contribution in [0.15, 0.2) is 30.3 Å². The quantitative estimate of drug-likeness (QED) is 0.779. The molecule has 0 bridgehead atoms. The molecule has 5 heteroatoms. The second-order valence-corrected chi connectivity index (χ2v) is 7.19. The maximum Gasteiger partial charge on any atom is 0.254 e. The zero-order valence-electron chi connectivity index (χ0n) is 15.0. The first kappa shape index (κ1) is 17.9. The van der Waals surface area contributed by atoms with Crippen LogP contribution >= 0.6 is 0 Å². The second kappa shape index (κ2) is 8.48. The molecule has 1 aromatic carbocycles. The van der Waals surface area contributed by atoms with Gasteiger partial charge in [-0.15, -0.1) is 0 Å². The van der Waals surface area contributed by atoms with Gasteiger partial charge in [0.2, 0.25) is 5.91 Å². The standard InChI is InChI=1S/C20H29N3O2/c1-21-12-7-13-22-19(24)18-14-16-10-5-6-11-17(16)23(18)20(25)15-8-3-2-4-9-15/h2-4,8-9,16-18,21H,5-7,10-14H2,1H3,(H,22,24). The van der Waals surface area contributed by atoms with Gasteiger partial charge in [-0.05, 0) is 57.3 Å². The number of rotatable bonds is 6. The van der Waals surface area contributed by atoms with Gasteiger partial charge in [-0.1, -0.05) is 31.0 Å². The second-order valence-electron chi connectivity index (χ2n) is 7.19. The number of nitrogens with one attached hydrogen (secondary N) is 2. The van der Waals surface area contributed by atoms with Gasteiger partial charge in [0.25, 0.3) is 5.91 Å². The number of fused-ring (bicyclic) bond motifs is 1. The van der Waals surface area contributed by atoms with Crippen molar-refractivity contribution in [2.24, 2.45) is 5.92 Å². The number of hydrogen-bond acceptors (Lipinski definition) is 3. The van der Waals surface area contributed by atoms with Gasteiger partial charge >= 0.3 is 0 Å². The fraction of sp³-hybridized carbons (Fsp3) is 0.600. The highest BCUT2D eigenvalue weighted by Crippen LogP contribution is 2.40. The number of nitrogens with zero attached hydrogens (tertiary/aromatic N) is 1. The summed E-state index contributed by atoms with van der Waals surface area (Å²) in [6, 6.07) is 9.27. The van der Waals surface area contributed by atoms with Crippen LogP contribution in [0.1, 0.15) is 48.9 Å². The van der Waals surface area contributed by atoms with Crippen molar-refractivity contribution in [2.75, 3.05) is 20.1 Å². The van der Waals surface area contributed by atoms with E-state index in [9.17, 15) is 9.59 Å². The minimum atomic E-state index is -0.324. The third-order valence-corrected chi connectivity index (χ3v) is 5.55. The van der Waals surface area contributed by atoms with Crippen LogP contribution in [0.2, 0.25) is 0 Å². The van der Waals surface area contributed by atoms with Crippen LogP contribution in [0.3, 0.4) is 0 Å². The third kappa shape index (κ3) is 4.03. The van der Waals surface area contributed by atoms with E-state index in [-0.39, 0.29) is 23.9 Å². The average molecular weight is 343 g/mol. The Labute approximate surface area is 150 Å². The summed E-state index contributed by atoms with van der Waals surface area (Å²) < 4.78 is 0. The van der Waals surface area contributed by atoms with E-state index in [4.69, 9.17) is 0 Å². The third-order valence-electron chi connectivity index (χ3n) is 5.55. The minimum Gasteiger partial charge on any atom is -0.354 e. The Morgan fingerprint density at radius 1 is 1.12 bits per heavy atom. The molecule has 0 radical (unpaired) electrons. The lowest BCUT2D eigenvalue weighted by Crippen LogP contribution is -2.49. The van der Waals surface area contributed by atoms with Gasteiger partial charge in [0.05, 0.1) is 0 Å². The molecule has 25 heavy (non-hydrogen) atoms. The first-order valence-corrected chi connectivity index (χ1v) is 9.52. The van der Waals surface area contributed by atoms with Crippen molar-refractivity contribution in [1.29, 1.82) is 0 Å². The van der Waals surface area contributed by atoms with E-state index in [1.165, 1.54) is 6.42 Å². The summed E-state index contributed by atoms with van der Waals surface area (Å²) in [5.74, 6) is 0.481. The van der Waals surface area contributed by atoms with E-state index in [1.807, 2.05) is 42.3 Å². The summed E-state index contributed by atoms with van der Waals surface area (Å²) >= 11 is 0. The Bertz CT molecular complexity index is 590. The number of carbonyl (C=O) groups excluding carboxylic acids is 2.